The first kappa shape index (κ1) is 26.7. The Hall–Kier alpha value is -4.88. The number of carbonyl (C=O) groups is 1. The zero-order valence-electron chi connectivity index (χ0n) is 20.8. The predicted octanol–water partition coefficient (Wildman–Crippen LogP) is 6.42. The third kappa shape index (κ3) is 3.94. The molecule has 5 rings (SSSR count). The number of rotatable bonds is 5. The van der Waals surface area contributed by atoms with Crippen molar-refractivity contribution in [2.75, 3.05) is 12.4 Å². The third-order valence-electron chi connectivity index (χ3n) is 6.67. The first-order valence-corrected chi connectivity index (χ1v) is 11.5. The Morgan fingerprint density at radius 2 is 1.75 bits per heavy atom. The van der Waals surface area contributed by atoms with Crippen molar-refractivity contribution in [2.45, 2.75) is 13.1 Å². The van der Waals surface area contributed by atoms with Crippen molar-refractivity contribution in [2.24, 2.45) is 7.05 Å². The predicted molar refractivity (Wildman–Crippen MR) is 133 cm³/mol. The molecule has 0 aliphatic heterocycles. The molecule has 206 valence electrons. The van der Waals surface area contributed by atoms with Crippen molar-refractivity contribution in [1.29, 1.82) is 0 Å². The molecule has 3 aromatic heterocycles. The molecule has 0 aliphatic rings. The molecular weight excluding hydrogens is 544 g/mol. The van der Waals surface area contributed by atoms with Crippen LogP contribution in [-0.2, 0) is 13.2 Å². The van der Waals surface area contributed by atoms with E-state index in [0.717, 1.165) is 16.5 Å². The average molecular weight is 561 g/mol. The van der Waals surface area contributed by atoms with Gasteiger partial charge in [0.2, 0.25) is 5.78 Å². The van der Waals surface area contributed by atoms with Gasteiger partial charge >= 0.3 is 6.18 Å². The van der Waals surface area contributed by atoms with Crippen molar-refractivity contribution in [3.8, 4) is 11.1 Å². The van der Waals surface area contributed by atoms with E-state index >= 15 is 0 Å². The smallest absolute Gasteiger partial charge is 0.386 e. The fourth-order valence-electron chi connectivity index (χ4n) is 4.77. The minimum atomic E-state index is -4.91. The highest BCUT2D eigenvalue weighted by Crippen LogP contribution is 2.47. The summed E-state index contributed by atoms with van der Waals surface area (Å²) in [5.41, 5.74) is -3.82. The number of halogens is 6. The van der Waals surface area contributed by atoms with Crippen LogP contribution in [0.1, 0.15) is 27.4 Å². The van der Waals surface area contributed by atoms with Gasteiger partial charge in [-0.1, -0.05) is 6.07 Å². The standard InChI is InChI=1S/C26H17F6N5O3/c1-11-34-22-17(35(11)3)9-14(26(30,31)32)20(23(22)33-2)13-5-4-6-36-19(10-18(24(13)36)37(39)40)25(38)12-7-15(27)21(29)16(28)8-12/h4-10,33H,1-3H3. The summed E-state index contributed by atoms with van der Waals surface area (Å²) in [5.74, 6) is -5.85. The monoisotopic (exact) mass is 561 g/mol. The number of nitrogens with one attached hydrogen (secondary N) is 1. The molecule has 0 saturated heterocycles. The van der Waals surface area contributed by atoms with Crippen molar-refractivity contribution in [3.63, 3.8) is 0 Å². The zero-order chi connectivity index (χ0) is 29.3. The maximum atomic E-state index is 14.5. The molecule has 0 aliphatic carbocycles. The number of carbonyl (C=O) groups excluding carboxylic acids is 1. The van der Waals surface area contributed by atoms with E-state index in [4.69, 9.17) is 0 Å². The topological polar surface area (TPSA) is 94.5 Å². The van der Waals surface area contributed by atoms with E-state index in [1.165, 1.54) is 29.9 Å². The number of nitro groups is 1. The van der Waals surface area contributed by atoms with Crippen LogP contribution < -0.4 is 5.32 Å². The lowest BCUT2D eigenvalue weighted by Crippen LogP contribution is -2.11. The second kappa shape index (κ2) is 9.10. The number of hydrogen-bond acceptors (Lipinski definition) is 5. The molecule has 0 spiro atoms. The normalized spacial score (nSPS) is 11.9. The van der Waals surface area contributed by atoms with E-state index in [0.29, 0.717) is 18.0 Å². The highest BCUT2D eigenvalue weighted by molar-refractivity contribution is 6.11. The van der Waals surface area contributed by atoms with E-state index in [-0.39, 0.29) is 27.8 Å². The largest absolute Gasteiger partial charge is 0.417 e. The maximum Gasteiger partial charge on any atom is 0.417 e. The summed E-state index contributed by atoms with van der Waals surface area (Å²) in [5, 5.41) is 14.8. The fourth-order valence-corrected chi connectivity index (χ4v) is 4.77. The summed E-state index contributed by atoms with van der Waals surface area (Å²) in [6.45, 7) is 1.60. The summed E-state index contributed by atoms with van der Waals surface area (Å²) in [4.78, 5) is 28.8. The van der Waals surface area contributed by atoms with E-state index in [1.54, 1.807) is 14.0 Å². The summed E-state index contributed by atoms with van der Waals surface area (Å²) in [6, 6.07) is 5.01. The number of fused-ring (bicyclic) bond motifs is 2. The third-order valence-corrected chi connectivity index (χ3v) is 6.67. The molecule has 0 unspecified atom stereocenters. The van der Waals surface area contributed by atoms with Crippen LogP contribution in [-0.4, -0.2) is 31.7 Å². The summed E-state index contributed by atoms with van der Waals surface area (Å²) in [7, 11) is 2.92. The van der Waals surface area contributed by atoms with Gasteiger partial charge in [-0.2, -0.15) is 13.2 Å². The van der Waals surface area contributed by atoms with Crippen LogP contribution in [0.5, 0.6) is 0 Å². The Labute approximate surface area is 220 Å². The average Bonchev–Trinajstić information content (AvgIpc) is 3.42. The van der Waals surface area contributed by atoms with Gasteiger partial charge in [0.15, 0.2) is 17.5 Å². The molecule has 5 aromatic rings. The lowest BCUT2D eigenvalue weighted by atomic mass is 9.95. The summed E-state index contributed by atoms with van der Waals surface area (Å²) >= 11 is 0. The first-order chi connectivity index (χ1) is 18.8. The second-order valence-corrected chi connectivity index (χ2v) is 8.90. The minimum absolute atomic E-state index is 0.0623. The van der Waals surface area contributed by atoms with Crippen molar-refractivity contribution >= 4 is 33.7 Å². The Bertz CT molecular complexity index is 1870. The molecular formula is C26H17F6N5O3. The van der Waals surface area contributed by atoms with Crippen LogP contribution in [0.2, 0.25) is 0 Å². The van der Waals surface area contributed by atoms with Gasteiger partial charge in [-0.3, -0.25) is 14.9 Å². The zero-order valence-corrected chi connectivity index (χ0v) is 20.8. The molecule has 40 heavy (non-hydrogen) atoms. The van der Waals surface area contributed by atoms with Crippen LogP contribution in [0, 0.1) is 34.5 Å². The van der Waals surface area contributed by atoms with Crippen LogP contribution in [0.15, 0.2) is 42.6 Å². The Morgan fingerprint density at radius 3 is 2.33 bits per heavy atom. The molecule has 0 bridgehead atoms. The van der Waals surface area contributed by atoms with E-state index < -0.39 is 62.4 Å². The minimum Gasteiger partial charge on any atom is -0.386 e. The highest BCUT2D eigenvalue weighted by atomic mass is 19.4. The van der Waals surface area contributed by atoms with Gasteiger partial charge in [0.25, 0.3) is 5.69 Å². The summed E-state index contributed by atoms with van der Waals surface area (Å²) in [6.07, 6.45) is -3.73. The van der Waals surface area contributed by atoms with Gasteiger partial charge in [-0.05, 0) is 31.2 Å². The first-order valence-electron chi connectivity index (χ1n) is 11.5. The van der Waals surface area contributed by atoms with Crippen LogP contribution in [0.4, 0.5) is 37.7 Å². The van der Waals surface area contributed by atoms with E-state index in [9.17, 15) is 41.3 Å². The number of anilines is 1. The quantitative estimate of drug-likeness (QED) is 0.0879. The number of nitrogens with zero attached hydrogens (tertiary/aromatic N) is 4. The number of aryl methyl sites for hydroxylation is 2. The SMILES string of the molecule is CNc1c(-c2cccn3c(C(=O)c4cc(F)c(F)c(F)c4)cc([N+](=O)[O-])c23)c(C(F)(F)F)cc2c1nc(C)n2C. The lowest BCUT2D eigenvalue weighted by molar-refractivity contribution is -0.383. The fraction of sp³-hybridized carbons (Fsp3) is 0.154. The lowest BCUT2D eigenvalue weighted by Gasteiger charge is -2.19. The van der Waals surface area contributed by atoms with Gasteiger partial charge < -0.3 is 14.3 Å². The Morgan fingerprint density at radius 1 is 1.10 bits per heavy atom. The second-order valence-electron chi connectivity index (χ2n) is 8.90. The molecule has 8 nitrogen and oxygen atoms in total. The van der Waals surface area contributed by atoms with Gasteiger partial charge in [0, 0.05) is 43.0 Å². The van der Waals surface area contributed by atoms with E-state index in [1.807, 2.05) is 0 Å². The Balaban J connectivity index is 1.89. The molecule has 3 heterocycles. The van der Waals surface area contributed by atoms with Crippen LogP contribution in [0.3, 0.4) is 0 Å². The highest BCUT2D eigenvalue weighted by Gasteiger charge is 2.38. The number of imidazole rings is 1. The number of pyridine rings is 1. The molecule has 0 saturated carbocycles. The Kier molecular flexibility index (Phi) is 6.08. The number of benzene rings is 2. The van der Waals surface area contributed by atoms with Crippen molar-refractivity contribution < 1.29 is 36.1 Å². The molecule has 1 N–H and O–H groups in total. The number of ketones is 1. The van der Waals surface area contributed by atoms with Gasteiger partial charge in [0.05, 0.1) is 21.7 Å². The molecule has 0 atom stereocenters. The maximum absolute atomic E-state index is 14.5. The molecule has 14 heteroatoms. The van der Waals surface area contributed by atoms with Crippen molar-refractivity contribution in [1.82, 2.24) is 14.0 Å². The number of hydrogen-bond donors (Lipinski definition) is 1. The molecule has 0 radical (unpaired) electrons. The molecule has 0 amide bonds. The van der Waals surface area contributed by atoms with E-state index in [2.05, 4.69) is 10.3 Å². The van der Waals surface area contributed by atoms with Crippen LogP contribution in [0.25, 0.3) is 27.7 Å². The molecule has 2 aromatic carbocycles. The molecule has 0 fully saturated rings. The van der Waals surface area contributed by atoms with Gasteiger partial charge in [0.1, 0.15) is 22.6 Å². The van der Waals surface area contributed by atoms with Crippen molar-refractivity contribution in [3.05, 3.63) is 92.8 Å². The van der Waals surface area contributed by atoms with Gasteiger partial charge in [-0.25, -0.2) is 18.2 Å². The number of aromatic nitrogens is 3. The van der Waals surface area contributed by atoms with Gasteiger partial charge in [-0.15, -0.1) is 0 Å². The van der Waals surface area contributed by atoms with Crippen LogP contribution >= 0.6 is 0 Å². The number of alkyl halides is 3. The summed E-state index contributed by atoms with van der Waals surface area (Å²) < 4.78 is 87.0.